The molecule has 4 aromatic rings. The quantitative estimate of drug-likeness (QED) is 0.349. The maximum atomic E-state index is 13.4. The van der Waals surface area contributed by atoms with Crippen LogP contribution < -0.4 is 0 Å². The molecule has 2 heterocycles. The van der Waals surface area contributed by atoms with Gasteiger partial charge in [0.1, 0.15) is 5.69 Å². The molecule has 0 saturated heterocycles. The predicted octanol–water partition coefficient (Wildman–Crippen LogP) is 6.63. The topological polar surface area (TPSA) is 25.2 Å². The van der Waals surface area contributed by atoms with Gasteiger partial charge in [-0.2, -0.15) is 0 Å². The van der Waals surface area contributed by atoms with Gasteiger partial charge in [-0.05, 0) is 41.2 Å². The van der Waals surface area contributed by atoms with Crippen molar-refractivity contribution < 1.29 is 4.79 Å². The summed E-state index contributed by atoms with van der Waals surface area (Å²) in [5.74, 6) is 0.0521. The fourth-order valence-electron chi connectivity index (χ4n) is 3.93. The van der Waals surface area contributed by atoms with E-state index >= 15 is 0 Å². The normalized spacial score (nSPS) is 11.8. The monoisotopic (exact) mass is 430 g/mol. The summed E-state index contributed by atoms with van der Waals surface area (Å²) in [5.41, 5.74) is 5.67. The van der Waals surface area contributed by atoms with E-state index in [-0.39, 0.29) is 11.3 Å². The van der Waals surface area contributed by atoms with Crippen LogP contribution in [0.2, 0.25) is 0 Å². The summed E-state index contributed by atoms with van der Waals surface area (Å²) in [4.78, 5) is 16.5. The third-order valence-corrected chi connectivity index (χ3v) is 6.69. The summed E-state index contributed by atoms with van der Waals surface area (Å²) in [6.07, 6.45) is 0. The molecule has 0 aliphatic heterocycles. The van der Waals surface area contributed by atoms with Gasteiger partial charge < -0.3 is 9.47 Å². The zero-order chi connectivity index (χ0) is 22.2. The minimum absolute atomic E-state index is 0.0521. The molecule has 0 bridgehead atoms. The Labute approximate surface area is 188 Å². The third kappa shape index (κ3) is 4.59. The lowest BCUT2D eigenvalue weighted by molar-refractivity contribution is 0.0775. The van der Waals surface area contributed by atoms with Crippen molar-refractivity contribution in [2.24, 2.45) is 0 Å². The zero-order valence-corrected chi connectivity index (χ0v) is 19.8. The lowest BCUT2D eigenvalue weighted by Crippen LogP contribution is -2.28. The second-order valence-electron chi connectivity index (χ2n) is 9.32. The smallest absolute Gasteiger partial charge is 0.270 e. The van der Waals surface area contributed by atoms with Crippen molar-refractivity contribution in [3.8, 4) is 0 Å². The molecule has 0 N–H and O–H groups in total. The molecule has 0 atom stereocenters. The van der Waals surface area contributed by atoms with E-state index in [9.17, 15) is 4.79 Å². The maximum absolute atomic E-state index is 13.4. The number of benzene rings is 2. The third-order valence-electron chi connectivity index (χ3n) is 5.70. The number of hydrogen-bond donors (Lipinski definition) is 0. The highest BCUT2D eigenvalue weighted by Gasteiger charge is 2.21. The Morgan fingerprint density at radius 3 is 2.29 bits per heavy atom. The molecule has 4 rings (SSSR count). The first kappa shape index (κ1) is 21.4. The summed E-state index contributed by atoms with van der Waals surface area (Å²) in [6.45, 7) is 10.1. The first-order chi connectivity index (χ1) is 14.7. The number of rotatable bonds is 5. The zero-order valence-electron chi connectivity index (χ0n) is 19.0. The Balaban J connectivity index is 1.66. The van der Waals surface area contributed by atoms with Gasteiger partial charge in [0, 0.05) is 25.0 Å². The summed E-state index contributed by atoms with van der Waals surface area (Å²) in [5, 5.41) is 0. The average molecular weight is 431 g/mol. The first-order valence-corrected chi connectivity index (χ1v) is 11.5. The molecule has 0 aliphatic carbocycles. The summed E-state index contributed by atoms with van der Waals surface area (Å²) >= 11 is 1.75. The molecule has 0 radical (unpaired) electrons. The fourth-order valence-corrected chi connectivity index (χ4v) is 4.89. The first-order valence-electron chi connectivity index (χ1n) is 10.7. The van der Waals surface area contributed by atoms with Crippen molar-refractivity contribution in [1.82, 2.24) is 9.47 Å². The van der Waals surface area contributed by atoms with Crippen molar-refractivity contribution in [3.05, 3.63) is 94.0 Å². The summed E-state index contributed by atoms with van der Waals surface area (Å²) in [6, 6.07) is 23.2. The lowest BCUT2D eigenvalue weighted by atomic mass is 9.87. The minimum Gasteiger partial charge on any atom is -0.336 e. The number of carbonyl (C=O) groups is 1. The van der Waals surface area contributed by atoms with Crippen molar-refractivity contribution in [1.29, 1.82) is 0 Å². The number of aromatic nitrogens is 1. The van der Waals surface area contributed by atoms with Crippen LogP contribution in [-0.2, 0) is 18.5 Å². The van der Waals surface area contributed by atoms with Crippen LogP contribution in [0.25, 0.3) is 10.2 Å². The predicted molar refractivity (Wildman–Crippen MR) is 131 cm³/mol. The molecule has 2 aromatic carbocycles. The number of aryl methyl sites for hydroxylation is 1. The van der Waals surface area contributed by atoms with Gasteiger partial charge in [0.05, 0.1) is 10.2 Å². The molecule has 31 heavy (non-hydrogen) atoms. The fraction of sp³-hybridized carbons (Fsp3) is 0.296. The largest absolute Gasteiger partial charge is 0.336 e. The van der Waals surface area contributed by atoms with Crippen molar-refractivity contribution in [2.45, 2.75) is 46.2 Å². The van der Waals surface area contributed by atoms with Gasteiger partial charge in [0.25, 0.3) is 5.91 Å². The van der Waals surface area contributed by atoms with E-state index in [4.69, 9.17) is 0 Å². The number of thiophene rings is 1. The summed E-state index contributed by atoms with van der Waals surface area (Å²) < 4.78 is 3.34. The van der Waals surface area contributed by atoms with Gasteiger partial charge in [-0.25, -0.2) is 0 Å². The lowest BCUT2D eigenvalue weighted by Gasteiger charge is -2.20. The number of carbonyl (C=O) groups excluding carboxylic acids is 1. The van der Waals surface area contributed by atoms with Gasteiger partial charge in [-0.3, -0.25) is 4.79 Å². The van der Waals surface area contributed by atoms with Gasteiger partial charge in [-0.1, -0.05) is 75.4 Å². The Morgan fingerprint density at radius 1 is 0.968 bits per heavy atom. The van der Waals surface area contributed by atoms with Gasteiger partial charge >= 0.3 is 0 Å². The maximum Gasteiger partial charge on any atom is 0.270 e. The Morgan fingerprint density at radius 2 is 1.65 bits per heavy atom. The molecule has 0 aliphatic rings. The molecule has 2 aromatic heterocycles. The Kier molecular flexibility index (Phi) is 5.76. The highest BCUT2D eigenvalue weighted by atomic mass is 32.1. The average Bonchev–Trinajstić information content (AvgIpc) is 3.25. The van der Waals surface area contributed by atoms with E-state index in [1.54, 1.807) is 16.2 Å². The number of fused-ring (bicyclic) bond motifs is 1. The Hall–Kier alpha value is -2.85. The van der Waals surface area contributed by atoms with Crippen LogP contribution in [0.1, 0.15) is 52.8 Å². The van der Waals surface area contributed by atoms with Crippen LogP contribution in [0, 0.1) is 6.92 Å². The van der Waals surface area contributed by atoms with Crippen LogP contribution in [0.5, 0.6) is 0 Å². The van der Waals surface area contributed by atoms with Crippen LogP contribution in [0.15, 0.2) is 66.7 Å². The van der Waals surface area contributed by atoms with E-state index in [0.29, 0.717) is 13.1 Å². The van der Waals surface area contributed by atoms with Crippen LogP contribution in [-0.4, -0.2) is 22.4 Å². The molecular weight excluding hydrogens is 400 g/mol. The molecule has 0 fully saturated rings. The van der Waals surface area contributed by atoms with Crippen LogP contribution >= 0.6 is 11.3 Å². The minimum atomic E-state index is 0.0521. The molecule has 0 saturated carbocycles. The van der Waals surface area contributed by atoms with Crippen LogP contribution in [0.4, 0.5) is 0 Å². The van der Waals surface area contributed by atoms with E-state index in [2.05, 4.69) is 80.8 Å². The van der Waals surface area contributed by atoms with Gasteiger partial charge in [-0.15, -0.1) is 11.3 Å². The molecule has 0 spiro atoms. The van der Waals surface area contributed by atoms with E-state index in [0.717, 1.165) is 16.8 Å². The van der Waals surface area contributed by atoms with E-state index in [1.165, 1.54) is 20.7 Å². The molecule has 4 heteroatoms. The van der Waals surface area contributed by atoms with Crippen molar-refractivity contribution >= 4 is 27.5 Å². The van der Waals surface area contributed by atoms with Crippen molar-refractivity contribution in [2.75, 3.05) is 7.05 Å². The standard InChI is InChI=1S/C27H30N2OS/c1-19-15-23-25(31-19)16-24(26(30)28(5)17-20-9-7-6-8-10-20)29(23)18-21-11-13-22(14-12-21)27(2,3)4/h6-16H,17-18H2,1-5H3. The van der Waals surface area contributed by atoms with Crippen LogP contribution in [0.3, 0.4) is 0 Å². The molecular formula is C27H30N2OS. The second-order valence-corrected chi connectivity index (χ2v) is 10.6. The van der Waals surface area contributed by atoms with Gasteiger partial charge in [0.2, 0.25) is 0 Å². The van der Waals surface area contributed by atoms with Crippen molar-refractivity contribution in [3.63, 3.8) is 0 Å². The number of hydrogen-bond acceptors (Lipinski definition) is 2. The second kappa shape index (κ2) is 8.35. The Bertz CT molecular complexity index is 1190. The highest BCUT2D eigenvalue weighted by Crippen LogP contribution is 2.30. The van der Waals surface area contributed by atoms with E-state index < -0.39 is 0 Å². The molecule has 1 amide bonds. The number of nitrogens with zero attached hydrogens (tertiary/aromatic N) is 2. The SMILES string of the molecule is Cc1cc2c(cc(C(=O)N(C)Cc3ccccc3)n2Cc2ccc(C(C)(C)C)cc2)s1. The van der Waals surface area contributed by atoms with E-state index in [1.807, 2.05) is 25.2 Å². The van der Waals surface area contributed by atoms with Gasteiger partial charge in [0.15, 0.2) is 0 Å². The summed E-state index contributed by atoms with van der Waals surface area (Å²) in [7, 11) is 1.88. The highest BCUT2D eigenvalue weighted by molar-refractivity contribution is 7.19. The molecule has 160 valence electrons. The number of amides is 1. The molecule has 0 unspecified atom stereocenters. The molecule has 3 nitrogen and oxygen atoms in total.